The Morgan fingerprint density at radius 1 is 1.19 bits per heavy atom. The molecule has 1 aromatic carbocycles. The zero-order chi connectivity index (χ0) is 19.1. The molecule has 0 saturated heterocycles. The van der Waals surface area contributed by atoms with Crippen molar-refractivity contribution < 1.29 is 4.79 Å². The third-order valence-corrected chi connectivity index (χ3v) is 5.10. The lowest BCUT2D eigenvalue weighted by Crippen LogP contribution is -2.31. The van der Waals surface area contributed by atoms with Gasteiger partial charge in [-0.3, -0.25) is 14.3 Å². The van der Waals surface area contributed by atoms with E-state index in [0.29, 0.717) is 13.1 Å². The van der Waals surface area contributed by atoms with Gasteiger partial charge in [0.1, 0.15) is 0 Å². The summed E-state index contributed by atoms with van der Waals surface area (Å²) in [5, 5.41) is 12.1. The molecule has 0 fully saturated rings. The van der Waals surface area contributed by atoms with Gasteiger partial charge in [0.2, 0.25) is 5.91 Å². The summed E-state index contributed by atoms with van der Waals surface area (Å²) < 4.78 is 2.04. The standard InChI is InChI=1S/C20H23N5OS/c1-3-11-22-19(26)15(2)27-20-24-23-18(17-10-7-12-21-13-17)25(20)14-16-8-5-4-6-9-16/h4-10,12-13,15H,3,11,14H2,1-2H3,(H,22,26)/t15-/m0/s1. The number of carbonyl (C=O) groups excluding carboxylic acids is 1. The number of nitrogens with zero attached hydrogens (tertiary/aromatic N) is 4. The molecule has 1 N–H and O–H groups in total. The van der Waals surface area contributed by atoms with Gasteiger partial charge in [0.05, 0.1) is 11.8 Å². The molecule has 140 valence electrons. The van der Waals surface area contributed by atoms with Crippen molar-refractivity contribution in [1.82, 2.24) is 25.1 Å². The molecule has 0 radical (unpaired) electrons. The fourth-order valence-electron chi connectivity index (χ4n) is 2.60. The molecular formula is C20H23N5OS. The zero-order valence-corrected chi connectivity index (χ0v) is 16.3. The van der Waals surface area contributed by atoms with Crippen molar-refractivity contribution in [3.8, 4) is 11.4 Å². The summed E-state index contributed by atoms with van der Waals surface area (Å²) in [7, 11) is 0. The van der Waals surface area contributed by atoms with E-state index in [9.17, 15) is 4.79 Å². The molecule has 0 bridgehead atoms. The Labute approximate surface area is 163 Å². The number of carbonyl (C=O) groups is 1. The summed E-state index contributed by atoms with van der Waals surface area (Å²) in [6.45, 7) is 5.24. The number of hydrogen-bond donors (Lipinski definition) is 1. The van der Waals surface area contributed by atoms with Crippen LogP contribution in [0.25, 0.3) is 11.4 Å². The summed E-state index contributed by atoms with van der Waals surface area (Å²) >= 11 is 1.42. The molecule has 0 aliphatic carbocycles. The minimum Gasteiger partial charge on any atom is -0.355 e. The number of rotatable bonds is 8. The Morgan fingerprint density at radius 2 is 2.00 bits per heavy atom. The van der Waals surface area contributed by atoms with E-state index >= 15 is 0 Å². The molecule has 0 unspecified atom stereocenters. The molecule has 6 nitrogen and oxygen atoms in total. The van der Waals surface area contributed by atoms with E-state index in [0.717, 1.165) is 28.5 Å². The largest absolute Gasteiger partial charge is 0.355 e. The van der Waals surface area contributed by atoms with Crippen LogP contribution in [0.15, 0.2) is 60.0 Å². The van der Waals surface area contributed by atoms with Gasteiger partial charge >= 0.3 is 0 Å². The maximum Gasteiger partial charge on any atom is 0.233 e. The summed E-state index contributed by atoms with van der Waals surface area (Å²) in [6.07, 6.45) is 4.42. The van der Waals surface area contributed by atoms with Crippen molar-refractivity contribution >= 4 is 17.7 Å². The summed E-state index contributed by atoms with van der Waals surface area (Å²) in [6, 6.07) is 14.0. The van der Waals surface area contributed by atoms with Crippen molar-refractivity contribution in [3.05, 3.63) is 60.4 Å². The number of nitrogens with one attached hydrogen (secondary N) is 1. The number of thioether (sulfide) groups is 1. The predicted molar refractivity (Wildman–Crippen MR) is 107 cm³/mol. The average Bonchev–Trinajstić information content (AvgIpc) is 3.09. The summed E-state index contributed by atoms with van der Waals surface area (Å²) in [5.41, 5.74) is 2.04. The zero-order valence-electron chi connectivity index (χ0n) is 15.5. The average molecular weight is 382 g/mol. The molecule has 0 aliphatic heterocycles. The van der Waals surface area contributed by atoms with Crippen LogP contribution in [-0.2, 0) is 11.3 Å². The van der Waals surface area contributed by atoms with Gasteiger partial charge in [0.15, 0.2) is 11.0 Å². The quantitative estimate of drug-likeness (QED) is 0.606. The fraction of sp³-hybridized carbons (Fsp3) is 0.300. The molecule has 0 saturated carbocycles. The number of hydrogen-bond acceptors (Lipinski definition) is 5. The predicted octanol–water partition coefficient (Wildman–Crippen LogP) is 3.40. The Kier molecular flexibility index (Phi) is 6.59. The van der Waals surface area contributed by atoms with Crippen LogP contribution in [0, 0.1) is 0 Å². The van der Waals surface area contributed by atoms with Gasteiger partial charge in [-0.25, -0.2) is 0 Å². The summed E-state index contributed by atoms with van der Waals surface area (Å²) in [4.78, 5) is 16.4. The maximum absolute atomic E-state index is 12.3. The van der Waals surface area contributed by atoms with E-state index in [1.54, 1.807) is 12.4 Å². The second-order valence-corrected chi connectivity index (χ2v) is 7.48. The van der Waals surface area contributed by atoms with Gasteiger partial charge < -0.3 is 5.32 Å². The molecule has 0 aliphatic rings. The number of aromatic nitrogens is 4. The normalized spacial score (nSPS) is 11.9. The molecule has 7 heteroatoms. The number of benzene rings is 1. The van der Waals surface area contributed by atoms with Gasteiger partial charge in [-0.15, -0.1) is 10.2 Å². The SMILES string of the molecule is CCCNC(=O)[C@H](C)Sc1nnc(-c2cccnc2)n1Cc1ccccc1. The first kappa shape index (κ1) is 19.1. The molecule has 3 aromatic rings. The maximum atomic E-state index is 12.3. The van der Waals surface area contributed by atoms with Crippen molar-refractivity contribution in [2.45, 2.75) is 37.2 Å². The van der Waals surface area contributed by atoms with E-state index in [1.165, 1.54) is 11.8 Å². The first-order chi connectivity index (χ1) is 13.2. The molecular weight excluding hydrogens is 358 g/mol. The van der Waals surface area contributed by atoms with Crippen LogP contribution in [0.1, 0.15) is 25.8 Å². The lowest BCUT2D eigenvalue weighted by Gasteiger charge is -2.13. The minimum atomic E-state index is -0.253. The minimum absolute atomic E-state index is 0.0130. The highest BCUT2D eigenvalue weighted by Crippen LogP contribution is 2.27. The van der Waals surface area contributed by atoms with Crippen LogP contribution in [0.5, 0.6) is 0 Å². The Morgan fingerprint density at radius 3 is 2.70 bits per heavy atom. The molecule has 0 spiro atoms. The lowest BCUT2D eigenvalue weighted by molar-refractivity contribution is -0.120. The second-order valence-electron chi connectivity index (χ2n) is 6.17. The lowest BCUT2D eigenvalue weighted by atomic mass is 10.2. The first-order valence-electron chi connectivity index (χ1n) is 9.01. The molecule has 2 heterocycles. The van der Waals surface area contributed by atoms with E-state index in [4.69, 9.17) is 0 Å². The van der Waals surface area contributed by atoms with E-state index in [1.807, 2.05) is 48.7 Å². The van der Waals surface area contributed by atoms with Crippen LogP contribution < -0.4 is 5.32 Å². The van der Waals surface area contributed by atoms with Crippen LogP contribution in [0.3, 0.4) is 0 Å². The highest BCUT2D eigenvalue weighted by molar-refractivity contribution is 8.00. The molecule has 27 heavy (non-hydrogen) atoms. The third-order valence-electron chi connectivity index (χ3n) is 4.02. The van der Waals surface area contributed by atoms with E-state index < -0.39 is 0 Å². The Balaban J connectivity index is 1.89. The third kappa shape index (κ3) is 4.95. The van der Waals surface area contributed by atoms with Crippen molar-refractivity contribution in [2.24, 2.45) is 0 Å². The van der Waals surface area contributed by atoms with Crippen LogP contribution in [-0.4, -0.2) is 37.5 Å². The van der Waals surface area contributed by atoms with Crippen molar-refractivity contribution in [3.63, 3.8) is 0 Å². The first-order valence-corrected chi connectivity index (χ1v) is 9.89. The van der Waals surface area contributed by atoms with Crippen molar-refractivity contribution in [2.75, 3.05) is 6.54 Å². The fourth-order valence-corrected chi connectivity index (χ4v) is 3.47. The monoisotopic (exact) mass is 381 g/mol. The topological polar surface area (TPSA) is 72.7 Å². The van der Waals surface area contributed by atoms with Gasteiger partial charge in [0, 0.05) is 24.5 Å². The molecule has 3 rings (SSSR count). The van der Waals surface area contributed by atoms with Crippen LogP contribution in [0.4, 0.5) is 0 Å². The molecule has 1 atom stereocenters. The second kappa shape index (κ2) is 9.32. The molecule has 2 aromatic heterocycles. The highest BCUT2D eigenvalue weighted by Gasteiger charge is 2.20. The number of pyridine rings is 1. The molecule has 1 amide bonds. The van der Waals surface area contributed by atoms with E-state index in [2.05, 4.69) is 32.6 Å². The van der Waals surface area contributed by atoms with Gasteiger partial charge in [-0.2, -0.15) is 0 Å². The van der Waals surface area contributed by atoms with E-state index in [-0.39, 0.29) is 11.2 Å². The highest BCUT2D eigenvalue weighted by atomic mass is 32.2. The Bertz CT molecular complexity index is 867. The number of amides is 1. The van der Waals surface area contributed by atoms with Gasteiger partial charge in [-0.1, -0.05) is 49.0 Å². The Hall–Kier alpha value is -2.67. The van der Waals surface area contributed by atoms with Crippen LogP contribution >= 0.6 is 11.8 Å². The summed E-state index contributed by atoms with van der Waals surface area (Å²) in [5.74, 6) is 0.759. The van der Waals surface area contributed by atoms with Crippen LogP contribution in [0.2, 0.25) is 0 Å². The van der Waals surface area contributed by atoms with Gasteiger partial charge in [0.25, 0.3) is 0 Å². The van der Waals surface area contributed by atoms with Gasteiger partial charge in [-0.05, 0) is 31.0 Å². The van der Waals surface area contributed by atoms with Crippen molar-refractivity contribution in [1.29, 1.82) is 0 Å². The smallest absolute Gasteiger partial charge is 0.233 e.